The number of benzene rings is 1. The highest BCUT2D eigenvalue weighted by atomic mass is 127. The van der Waals surface area contributed by atoms with Crippen molar-refractivity contribution < 1.29 is 23.1 Å². The molecule has 0 bridgehead atoms. The summed E-state index contributed by atoms with van der Waals surface area (Å²) >= 11 is 7.19. The van der Waals surface area contributed by atoms with Gasteiger partial charge in [-0.3, -0.25) is 20.4 Å². The van der Waals surface area contributed by atoms with Crippen molar-refractivity contribution in [1.29, 1.82) is 0 Å². The number of hydrogen-bond acceptors (Lipinski definition) is 4. The second-order valence-corrected chi connectivity index (χ2v) is 5.86. The van der Waals surface area contributed by atoms with Gasteiger partial charge in [0.1, 0.15) is 11.4 Å². The van der Waals surface area contributed by atoms with Gasteiger partial charge in [0.2, 0.25) is 5.88 Å². The first kappa shape index (κ1) is 18.3. The maximum atomic E-state index is 13.9. The van der Waals surface area contributed by atoms with Gasteiger partial charge in [0.05, 0.1) is 21.3 Å². The van der Waals surface area contributed by atoms with Gasteiger partial charge in [-0.05, 0) is 40.8 Å². The van der Waals surface area contributed by atoms with Crippen LogP contribution in [0.3, 0.4) is 0 Å². The molecule has 0 saturated heterocycles. The number of nitrogens with zero attached hydrogens (tertiary/aromatic N) is 1. The summed E-state index contributed by atoms with van der Waals surface area (Å²) in [6.07, 6.45) is 1.28. The summed E-state index contributed by atoms with van der Waals surface area (Å²) in [5.74, 6) is -3.54. The number of methoxy groups -OCH3 is 1. The second-order valence-electron chi connectivity index (χ2n) is 4.34. The van der Waals surface area contributed by atoms with E-state index in [1.807, 2.05) is 5.43 Å². The van der Waals surface area contributed by atoms with Gasteiger partial charge in [-0.1, -0.05) is 11.6 Å². The van der Waals surface area contributed by atoms with E-state index in [9.17, 15) is 18.4 Å². The number of carbonyl (C=O) groups excluding carboxylic acids is 2. The van der Waals surface area contributed by atoms with E-state index in [2.05, 4.69) is 10.4 Å². The van der Waals surface area contributed by atoms with Crippen LogP contribution in [0.25, 0.3) is 0 Å². The molecule has 0 fully saturated rings. The first-order valence-electron chi connectivity index (χ1n) is 6.29. The summed E-state index contributed by atoms with van der Waals surface area (Å²) in [4.78, 5) is 27.8. The molecule has 0 radical (unpaired) electrons. The Labute approximate surface area is 153 Å². The number of ether oxygens (including phenoxy) is 1. The van der Waals surface area contributed by atoms with Crippen LogP contribution < -0.4 is 15.6 Å². The van der Waals surface area contributed by atoms with Gasteiger partial charge in [0, 0.05) is 6.20 Å². The number of halogens is 4. The molecule has 0 atom stereocenters. The van der Waals surface area contributed by atoms with Crippen molar-refractivity contribution in [3.63, 3.8) is 0 Å². The van der Waals surface area contributed by atoms with E-state index in [0.717, 1.165) is 12.1 Å². The molecule has 10 heteroatoms. The van der Waals surface area contributed by atoms with E-state index in [1.54, 1.807) is 0 Å². The van der Waals surface area contributed by atoms with Gasteiger partial charge in [-0.2, -0.15) is 0 Å². The van der Waals surface area contributed by atoms with Gasteiger partial charge in [0.15, 0.2) is 5.82 Å². The first-order valence-corrected chi connectivity index (χ1v) is 7.74. The maximum absolute atomic E-state index is 13.9. The normalized spacial score (nSPS) is 10.2. The molecule has 126 valence electrons. The predicted molar refractivity (Wildman–Crippen MR) is 89.8 cm³/mol. The number of rotatable bonds is 3. The van der Waals surface area contributed by atoms with Crippen LogP contribution in [0.15, 0.2) is 24.4 Å². The molecule has 1 aromatic heterocycles. The minimum absolute atomic E-state index is 0.00587. The standard InChI is InChI=1S/C14H9ClF2IN3O3/c1-24-14-8(4-6(15)5-19-14)13(23)21-20-12(22)7-2-3-9(16)11(18)10(7)17/h2-5H,1H3,(H,20,22)(H,21,23). The number of carbonyl (C=O) groups is 2. The average Bonchev–Trinajstić information content (AvgIpc) is 2.57. The molecule has 6 nitrogen and oxygen atoms in total. The van der Waals surface area contributed by atoms with Crippen molar-refractivity contribution in [1.82, 2.24) is 15.8 Å². The summed E-state index contributed by atoms with van der Waals surface area (Å²) in [5.41, 5.74) is 3.66. The van der Waals surface area contributed by atoms with Crippen molar-refractivity contribution in [3.05, 3.63) is 55.8 Å². The summed E-state index contributed by atoms with van der Waals surface area (Å²) in [7, 11) is 1.31. The third-order valence-corrected chi connectivity index (χ3v) is 4.02. The van der Waals surface area contributed by atoms with Crippen LogP contribution in [0.5, 0.6) is 5.88 Å². The molecule has 1 aromatic carbocycles. The van der Waals surface area contributed by atoms with Crippen molar-refractivity contribution in [3.8, 4) is 5.88 Å². The molecule has 0 aliphatic rings. The zero-order chi connectivity index (χ0) is 17.9. The molecule has 2 amide bonds. The van der Waals surface area contributed by atoms with Crippen molar-refractivity contribution in [2.45, 2.75) is 0 Å². The van der Waals surface area contributed by atoms with E-state index in [-0.39, 0.29) is 20.0 Å². The maximum Gasteiger partial charge on any atom is 0.275 e. The SMILES string of the molecule is COc1ncc(Cl)cc1C(=O)NNC(=O)c1ccc(F)c(I)c1F. The third kappa shape index (κ3) is 3.90. The zero-order valence-electron chi connectivity index (χ0n) is 12.0. The average molecular weight is 468 g/mol. The summed E-state index contributed by atoms with van der Waals surface area (Å²) in [6.45, 7) is 0. The van der Waals surface area contributed by atoms with Gasteiger partial charge in [-0.15, -0.1) is 0 Å². The third-order valence-electron chi connectivity index (χ3n) is 2.83. The zero-order valence-corrected chi connectivity index (χ0v) is 14.9. The highest BCUT2D eigenvalue weighted by molar-refractivity contribution is 14.1. The largest absolute Gasteiger partial charge is 0.480 e. The van der Waals surface area contributed by atoms with Gasteiger partial charge in [0.25, 0.3) is 11.8 Å². The molecular weight excluding hydrogens is 459 g/mol. The van der Waals surface area contributed by atoms with Crippen LogP contribution in [-0.4, -0.2) is 23.9 Å². The lowest BCUT2D eigenvalue weighted by atomic mass is 10.2. The number of amides is 2. The molecule has 0 aliphatic carbocycles. The second kappa shape index (κ2) is 7.71. The minimum atomic E-state index is -1.02. The lowest BCUT2D eigenvalue weighted by Crippen LogP contribution is -2.42. The number of hydrogen-bond donors (Lipinski definition) is 2. The van der Waals surface area contributed by atoms with Crippen LogP contribution in [0.1, 0.15) is 20.7 Å². The Morgan fingerprint density at radius 3 is 2.46 bits per heavy atom. The Morgan fingerprint density at radius 1 is 1.21 bits per heavy atom. The monoisotopic (exact) mass is 467 g/mol. The van der Waals surface area contributed by atoms with Gasteiger partial charge in [-0.25, -0.2) is 13.8 Å². The Bertz CT molecular complexity index is 820. The Kier molecular flexibility index (Phi) is 5.89. The number of pyridine rings is 1. The predicted octanol–water partition coefficient (Wildman–Crippen LogP) is 2.70. The Balaban J connectivity index is 2.14. The number of hydrazine groups is 1. The van der Waals surface area contributed by atoms with E-state index in [1.165, 1.54) is 42.0 Å². The smallest absolute Gasteiger partial charge is 0.275 e. The van der Waals surface area contributed by atoms with Gasteiger partial charge >= 0.3 is 0 Å². The van der Waals surface area contributed by atoms with E-state index >= 15 is 0 Å². The van der Waals surface area contributed by atoms with Crippen LogP contribution in [-0.2, 0) is 0 Å². The topological polar surface area (TPSA) is 80.3 Å². The van der Waals surface area contributed by atoms with Crippen molar-refractivity contribution in [2.24, 2.45) is 0 Å². The van der Waals surface area contributed by atoms with Crippen LogP contribution in [0.4, 0.5) is 8.78 Å². The van der Waals surface area contributed by atoms with Crippen LogP contribution >= 0.6 is 34.2 Å². The molecule has 2 aromatic rings. The fourth-order valence-electron chi connectivity index (χ4n) is 1.70. The van der Waals surface area contributed by atoms with Crippen molar-refractivity contribution >= 4 is 46.0 Å². The lowest BCUT2D eigenvalue weighted by Gasteiger charge is -2.10. The first-order chi connectivity index (χ1) is 11.3. The lowest BCUT2D eigenvalue weighted by molar-refractivity contribution is 0.0842. The number of aromatic nitrogens is 1. The fraction of sp³-hybridized carbons (Fsp3) is 0.0714. The molecule has 0 saturated carbocycles. The molecular formula is C14H9ClF2IN3O3. The molecule has 1 heterocycles. The molecule has 0 spiro atoms. The van der Waals surface area contributed by atoms with E-state index in [4.69, 9.17) is 16.3 Å². The fourth-order valence-corrected chi connectivity index (χ4v) is 2.33. The Morgan fingerprint density at radius 2 is 1.83 bits per heavy atom. The molecule has 0 unspecified atom stereocenters. The molecule has 24 heavy (non-hydrogen) atoms. The summed E-state index contributed by atoms with van der Waals surface area (Å²) in [6, 6.07) is 3.21. The molecule has 2 N–H and O–H groups in total. The van der Waals surface area contributed by atoms with Crippen molar-refractivity contribution in [2.75, 3.05) is 7.11 Å². The van der Waals surface area contributed by atoms with Crippen LogP contribution in [0.2, 0.25) is 5.02 Å². The quantitative estimate of drug-likeness (QED) is 0.413. The highest BCUT2D eigenvalue weighted by Gasteiger charge is 2.19. The Hall–Kier alpha value is -2.01. The van der Waals surface area contributed by atoms with Gasteiger partial charge < -0.3 is 4.74 Å². The molecule has 0 aliphatic heterocycles. The van der Waals surface area contributed by atoms with E-state index < -0.39 is 29.0 Å². The minimum Gasteiger partial charge on any atom is -0.480 e. The highest BCUT2D eigenvalue weighted by Crippen LogP contribution is 2.20. The number of nitrogens with one attached hydrogen (secondary N) is 2. The molecule has 2 rings (SSSR count). The van der Waals surface area contributed by atoms with E-state index in [0.29, 0.717) is 0 Å². The summed E-state index contributed by atoms with van der Waals surface area (Å²) in [5, 5.41) is 0.186. The summed E-state index contributed by atoms with van der Waals surface area (Å²) < 4.78 is 31.6. The van der Waals surface area contributed by atoms with Crippen LogP contribution in [0, 0.1) is 15.2 Å².